The molecule has 18 heavy (non-hydrogen) atoms. The lowest BCUT2D eigenvalue weighted by molar-refractivity contribution is 0.886. The Morgan fingerprint density at radius 3 is 3.06 bits per heavy atom. The fourth-order valence-corrected chi connectivity index (χ4v) is 2.22. The molecule has 0 bridgehead atoms. The summed E-state index contributed by atoms with van der Waals surface area (Å²) >= 11 is 1.25. The molecule has 2 heterocycles. The van der Waals surface area contributed by atoms with E-state index in [1.165, 1.54) is 11.5 Å². The second kappa shape index (κ2) is 4.34. The minimum Gasteiger partial charge on any atom is -0.355 e. The standard InChI is InChI=1S/C11H12N6S/c1-7-13-9-5-8(3-4-10(9)17(7)2)6-12-11-14-15-16-18-11/h3-5H,6H2,1-2H3,(H,12,14,16). The molecule has 0 saturated carbocycles. The maximum Gasteiger partial charge on any atom is 0.225 e. The molecular weight excluding hydrogens is 248 g/mol. The summed E-state index contributed by atoms with van der Waals surface area (Å²) in [7, 11) is 2.02. The lowest BCUT2D eigenvalue weighted by Crippen LogP contribution is -1.99. The van der Waals surface area contributed by atoms with E-state index in [-0.39, 0.29) is 0 Å². The second-order valence-electron chi connectivity index (χ2n) is 4.06. The molecule has 0 aliphatic heterocycles. The molecule has 0 aliphatic rings. The summed E-state index contributed by atoms with van der Waals surface area (Å²) in [4.78, 5) is 4.52. The Morgan fingerprint density at radius 1 is 1.39 bits per heavy atom. The molecule has 0 radical (unpaired) electrons. The summed E-state index contributed by atoms with van der Waals surface area (Å²) in [5.74, 6) is 1.02. The number of aryl methyl sites for hydroxylation is 2. The number of fused-ring (bicyclic) bond motifs is 1. The molecule has 1 aromatic carbocycles. The summed E-state index contributed by atoms with van der Waals surface area (Å²) < 4.78 is 5.79. The number of aromatic nitrogens is 5. The van der Waals surface area contributed by atoms with Crippen molar-refractivity contribution >= 4 is 27.7 Å². The molecule has 0 aliphatic carbocycles. The number of rotatable bonds is 3. The zero-order valence-electron chi connectivity index (χ0n) is 10.1. The number of imidazole rings is 1. The van der Waals surface area contributed by atoms with Crippen LogP contribution in [0.25, 0.3) is 11.0 Å². The first-order valence-electron chi connectivity index (χ1n) is 5.55. The van der Waals surface area contributed by atoms with Crippen LogP contribution in [0.4, 0.5) is 5.13 Å². The zero-order valence-corrected chi connectivity index (χ0v) is 10.9. The summed E-state index contributed by atoms with van der Waals surface area (Å²) in [6, 6.07) is 6.26. The summed E-state index contributed by atoms with van der Waals surface area (Å²) in [6.07, 6.45) is 0. The van der Waals surface area contributed by atoms with E-state index in [0.717, 1.165) is 27.6 Å². The molecule has 0 spiro atoms. The SMILES string of the molecule is Cc1nc2cc(CNc3nnns3)ccc2n1C. The van der Waals surface area contributed by atoms with E-state index < -0.39 is 0 Å². The summed E-state index contributed by atoms with van der Waals surface area (Å²) in [5, 5.41) is 11.3. The van der Waals surface area contributed by atoms with Crippen molar-refractivity contribution in [1.82, 2.24) is 24.4 Å². The highest BCUT2D eigenvalue weighted by atomic mass is 32.1. The molecule has 92 valence electrons. The normalized spacial score (nSPS) is 11.0. The van der Waals surface area contributed by atoms with Crippen LogP contribution < -0.4 is 5.32 Å². The van der Waals surface area contributed by atoms with Crippen LogP contribution in [-0.2, 0) is 13.6 Å². The van der Waals surface area contributed by atoms with Crippen molar-refractivity contribution in [3.05, 3.63) is 29.6 Å². The molecule has 6 nitrogen and oxygen atoms in total. The van der Waals surface area contributed by atoms with Gasteiger partial charge >= 0.3 is 0 Å². The number of nitrogens with zero attached hydrogens (tertiary/aromatic N) is 5. The van der Waals surface area contributed by atoms with E-state index in [4.69, 9.17) is 0 Å². The van der Waals surface area contributed by atoms with Crippen molar-refractivity contribution in [2.75, 3.05) is 5.32 Å². The van der Waals surface area contributed by atoms with Crippen LogP contribution in [0, 0.1) is 6.92 Å². The lowest BCUT2D eigenvalue weighted by Gasteiger charge is -2.02. The Labute approximate surface area is 108 Å². The summed E-state index contributed by atoms with van der Waals surface area (Å²) in [6.45, 7) is 2.70. The maximum absolute atomic E-state index is 4.52. The van der Waals surface area contributed by atoms with Crippen LogP contribution in [-0.4, -0.2) is 24.4 Å². The first kappa shape index (κ1) is 11.1. The van der Waals surface area contributed by atoms with E-state index in [2.05, 4.69) is 47.9 Å². The van der Waals surface area contributed by atoms with Gasteiger partial charge in [-0.05, 0) is 29.8 Å². The van der Waals surface area contributed by atoms with Gasteiger partial charge < -0.3 is 9.88 Å². The van der Waals surface area contributed by atoms with Crippen LogP contribution in [0.15, 0.2) is 18.2 Å². The van der Waals surface area contributed by atoms with E-state index in [9.17, 15) is 0 Å². The molecule has 2 aromatic heterocycles. The third-order valence-corrected chi connectivity index (χ3v) is 3.47. The van der Waals surface area contributed by atoms with Gasteiger partial charge in [-0.2, -0.15) is 0 Å². The van der Waals surface area contributed by atoms with Gasteiger partial charge in [-0.3, -0.25) is 0 Å². The lowest BCUT2D eigenvalue weighted by atomic mass is 10.2. The second-order valence-corrected chi connectivity index (χ2v) is 4.79. The first-order chi connectivity index (χ1) is 8.74. The maximum atomic E-state index is 4.52. The zero-order chi connectivity index (χ0) is 12.5. The van der Waals surface area contributed by atoms with Crippen molar-refractivity contribution < 1.29 is 0 Å². The average Bonchev–Trinajstić information content (AvgIpc) is 2.97. The van der Waals surface area contributed by atoms with Gasteiger partial charge in [0.2, 0.25) is 5.13 Å². The Bertz CT molecular complexity index is 672. The quantitative estimate of drug-likeness (QED) is 0.777. The molecular formula is C11H12N6S. The number of hydrogen-bond acceptors (Lipinski definition) is 6. The Hall–Kier alpha value is -2.02. The molecule has 0 atom stereocenters. The smallest absolute Gasteiger partial charge is 0.225 e. The Kier molecular flexibility index (Phi) is 2.67. The highest BCUT2D eigenvalue weighted by Crippen LogP contribution is 2.17. The topological polar surface area (TPSA) is 68.5 Å². The Morgan fingerprint density at radius 2 is 2.28 bits per heavy atom. The van der Waals surface area contributed by atoms with Crippen LogP contribution in [0.5, 0.6) is 0 Å². The van der Waals surface area contributed by atoms with E-state index in [0.29, 0.717) is 6.54 Å². The van der Waals surface area contributed by atoms with E-state index in [1.807, 2.05) is 14.0 Å². The summed E-state index contributed by atoms with van der Waals surface area (Å²) in [5.41, 5.74) is 3.33. The van der Waals surface area contributed by atoms with Crippen molar-refractivity contribution in [3.8, 4) is 0 Å². The minimum atomic E-state index is 0.697. The highest BCUT2D eigenvalue weighted by molar-refractivity contribution is 7.09. The average molecular weight is 260 g/mol. The molecule has 0 fully saturated rings. The molecule has 0 saturated heterocycles. The molecule has 0 unspecified atom stereocenters. The fourth-order valence-electron chi connectivity index (χ4n) is 1.86. The van der Waals surface area contributed by atoms with E-state index in [1.54, 1.807) is 0 Å². The minimum absolute atomic E-state index is 0.697. The molecule has 1 N–H and O–H groups in total. The molecule has 3 rings (SSSR count). The predicted octanol–water partition coefficient (Wildman–Crippen LogP) is 1.74. The number of anilines is 1. The van der Waals surface area contributed by atoms with Crippen LogP contribution in [0.3, 0.4) is 0 Å². The van der Waals surface area contributed by atoms with Crippen LogP contribution >= 0.6 is 11.5 Å². The number of benzene rings is 1. The van der Waals surface area contributed by atoms with Crippen LogP contribution in [0.1, 0.15) is 11.4 Å². The Balaban J connectivity index is 1.85. The molecule has 0 amide bonds. The first-order valence-corrected chi connectivity index (χ1v) is 6.32. The van der Waals surface area contributed by atoms with Gasteiger partial charge in [0.25, 0.3) is 0 Å². The van der Waals surface area contributed by atoms with Gasteiger partial charge in [-0.25, -0.2) is 4.98 Å². The molecule has 7 heteroatoms. The van der Waals surface area contributed by atoms with Gasteiger partial charge in [0.15, 0.2) is 0 Å². The van der Waals surface area contributed by atoms with Crippen LogP contribution in [0.2, 0.25) is 0 Å². The van der Waals surface area contributed by atoms with Gasteiger partial charge in [-0.15, -0.1) is 0 Å². The third kappa shape index (κ3) is 1.92. The third-order valence-electron chi connectivity index (χ3n) is 2.91. The van der Waals surface area contributed by atoms with Gasteiger partial charge in [0.1, 0.15) is 5.82 Å². The van der Waals surface area contributed by atoms with Crippen molar-refractivity contribution in [3.63, 3.8) is 0 Å². The van der Waals surface area contributed by atoms with Gasteiger partial charge in [0.05, 0.1) is 11.0 Å². The fraction of sp³-hybridized carbons (Fsp3) is 0.273. The van der Waals surface area contributed by atoms with Crippen molar-refractivity contribution in [2.24, 2.45) is 7.05 Å². The van der Waals surface area contributed by atoms with E-state index >= 15 is 0 Å². The van der Waals surface area contributed by atoms with Crippen molar-refractivity contribution in [1.29, 1.82) is 0 Å². The monoisotopic (exact) mass is 260 g/mol. The van der Waals surface area contributed by atoms with Crippen molar-refractivity contribution in [2.45, 2.75) is 13.5 Å². The largest absolute Gasteiger partial charge is 0.355 e. The molecule has 3 aromatic rings. The number of nitrogens with one attached hydrogen (secondary N) is 1. The highest BCUT2D eigenvalue weighted by Gasteiger charge is 2.05. The number of hydrogen-bond donors (Lipinski definition) is 1. The van der Waals surface area contributed by atoms with Gasteiger partial charge in [-0.1, -0.05) is 15.7 Å². The predicted molar refractivity (Wildman–Crippen MR) is 70.5 cm³/mol. The van der Waals surface area contributed by atoms with Gasteiger partial charge in [0, 0.05) is 25.1 Å².